The largest absolute Gasteiger partial charge is 0.465 e. The van der Waals surface area contributed by atoms with E-state index in [1.54, 1.807) is 0 Å². The summed E-state index contributed by atoms with van der Waals surface area (Å²) >= 11 is 0. The first-order valence-electron chi connectivity index (χ1n) is 9.51. The fourth-order valence-corrected chi connectivity index (χ4v) is 3.68. The minimum Gasteiger partial charge on any atom is -0.465 e. The molecule has 0 saturated heterocycles. The van der Waals surface area contributed by atoms with E-state index in [9.17, 15) is 15.0 Å². The van der Waals surface area contributed by atoms with Crippen LogP contribution in [0.2, 0.25) is 0 Å². The normalized spacial score (nSPS) is 25.5. The molecule has 1 rings (SSSR count). The molecule has 1 fully saturated rings. The number of unbranched alkanes of at least 4 members (excludes halogenated alkanes) is 5. The SMILES string of the molecule is C/C=C\C=C(\C(CCCCCCCC)NC(=O)O)C1C(C)CC1O. The van der Waals surface area contributed by atoms with Gasteiger partial charge in [0, 0.05) is 5.92 Å². The Morgan fingerprint density at radius 1 is 1.25 bits per heavy atom. The highest BCUT2D eigenvalue weighted by Gasteiger charge is 2.41. The zero-order valence-corrected chi connectivity index (χ0v) is 15.5. The lowest BCUT2D eigenvalue weighted by atomic mass is 9.66. The van der Waals surface area contributed by atoms with E-state index in [0.29, 0.717) is 5.92 Å². The summed E-state index contributed by atoms with van der Waals surface area (Å²) in [5, 5.41) is 22.1. The lowest BCUT2D eigenvalue weighted by Gasteiger charge is -2.43. The molecule has 0 radical (unpaired) electrons. The Morgan fingerprint density at radius 3 is 2.46 bits per heavy atom. The topological polar surface area (TPSA) is 69.6 Å². The van der Waals surface area contributed by atoms with Crippen molar-refractivity contribution >= 4 is 6.09 Å². The molecular weight excluding hydrogens is 302 g/mol. The predicted molar refractivity (Wildman–Crippen MR) is 99.1 cm³/mol. The van der Waals surface area contributed by atoms with E-state index in [4.69, 9.17) is 0 Å². The number of amides is 1. The predicted octanol–water partition coefficient (Wildman–Crippen LogP) is 4.89. The zero-order chi connectivity index (χ0) is 17.9. The van der Waals surface area contributed by atoms with E-state index in [2.05, 4.69) is 19.2 Å². The van der Waals surface area contributed by atoms with Gasteiger partial charge in [0.25, 0.3) is 0 Å². The number of hydrogen-bond acceptors (Lipinski definition) is 2. The number of carboxylic acid groups (broad SMARTS) is 1. The Hall–Kier alpha value is -1.29. The molecule has 4 nitrogen and oxygen atoms in total. The van der Waals surface area contributed by atoms with Crippen LogP contribution in [0, 0.1) is 11.8 Å². The van der Waals surface area contributed by atoms with Crippen LogP contribution in [0.4, 0.5) is 4.79 Å². The average Bonchev–Trinajstić information content (AvgIpc) is 2.53. The van der Waals surface area contributed by atoms with Gasteiger partial charge in [-0.2, -0.15) is 0 Å². The van der Waals surface area contributed by atoms with Crippen LogP contribution >= 0.6 is 0 Å². The van der Waals surface area contributed by atoms with Gasteiger partial charge < -0.3 is 15.5 Å². The molecule has 0 spiro atoms. The van der Waals surface area contributed by atoms with E-state index >= 15 is 0 Å². The lowest BCUT2D eigenvalue weighted by Crippen LogP contribution is -2.47. The zero-order valence-electron chi connectivity index (χ0n) is 15.5. The van der Waals surface area contributed by atoms with Crippen LogP contribution in [0.15, 0.2) is 23.8 Å². The van der Waals surface area contributed by atoms with Gasteiger partial charge in [0.15, 0.2) is 0 Å². The van der Waals surface area contributed by atoms with E-state index in [-0.39, 0.29) is 18.1 Å². The third kappa shape index (κ3) is 6.68. The summed E-state index contributed by atoms with van der Waals surface area (Å²) in [7, 11) is 0. The first kappa shape index (κ1) is 20.8. The van der Waals surface area contributed by atoms with Crippen LogP contribution in [0.5, 0.6) is 0 Å². The van der Waals surface area contributed by atoms with Crippen LogP contribution in [-0.2, 0) is 0 Å². The van der Waals surface area contributed by atoms with Crippen LogP contribution in [0.3, 0.4) is 0 Å². The van der Waals surface area contributed by atoms with Crippen molar-refractivity contribution in [1.82, 2.24) is 5.32 Å². The number of allylic oxidation sites excluding steroid dienone is 3. The molecule has 4 heteroatoms. The number of aliphatic hydroxyl groups excluding tert-OH is 1. The van der Waals surface area contributed by atoms with Crippen molar-refractivity contribution < 1.29 is 15.0 Å². The number of aliphatic hydroxyl groups is 1. The Balaban J connectivity index is 2.71. The molecule has 1 saturated carbocycles. The Morgan fingerprint density at radius 2 is 1.92 bits per heavy atom. The highest BCUT2D eigenvalue weighted by atomic mass is 16.4. The molecule has 4 unspecified atom stereocenters. The molecule has 1 aliphatic rings. The van der Waals surface area contributed by atoms with Gasteiger partial charge in [0.05, 0.1) is 12.1 Å². The maximum atomic E-state index is 11.2. The van der Waals surface area contributed by atoms with Gasteiger partial charge in [0.2, 0.25) is 0 Å². The third-order valence-electron chi connectivity index (χ3n) is 5.05. The molecule has 4 atom stereocenters. The van der Waals surface area contributed by atoms with Gasteiger partial charge in [0.1, 0.15) is 0 Å². The fourth-order valence-electron chi connectivity index (χ4n) is 3.68. The van der Waals surface area contributed by atoms with Crippen LogP contribution in [0.1, 0.15) is 72.1 Å². The molecule has 0 heterocycles. The van der Waals surface area contributed by atoms with Gasteiger partial charge in [-0.3, -0.25) is 0 Å². The van der Waals surface area contributed by atoms with Gasteiger partial charge in [-0.15, -0.1) is 0 Å². The minimum atomic E-state index is -0.987. The van der Waals surface area contributed by atoms with Crippen LogP contribution < -0.4 is 5.32 Å². The summed E-state index contributed by atoms with van der Waals surface area (Å²) < 4.78 is 0. The minimum absolute atomic E-state index is 0.0677. The molecule has 0 aliphatic heterocycles. The van der Waals surface area contributed by atoms with Crippen molar-refractivity contribution in [3.63, 3.8) is 0 Å². The maximum Gasteiger partial charge on any atom is 0.405 e. The summed E-state index contributed by atoms with van der Waals surface area (Å²) in [6.45, 7) is 6.28. The molecular formula is C20H35NO3. The first-order valence-corrected chi connectivity index (χ1v) is 9.51. The van der Waals surface area contributed by atoms with Crippen molar-refractivity contribution in [1.29, 1.82) is 0 Å². The fraction of sp³-hybridized carbons (Fsp3) is 0.750. The van der Waals surface area contributed by atoms with E-state index in [1.807, 2.05) is 25.2 Å². The highest BCUT2D eigenvalue weighted by molar-refractivity contribution is 5.65. The molecule has 24 heavy (non-hydrogen) atoms. The van der Waals surface area contributed by atoms with Crippen molar-refractivity contribution in [3.05, 3.63) is 23.8 Å². The molecule has 0 aromatic rings. The number of hydrogen-bond donors (Lipinski definition) is 3. The summed E-state index contributed by atoms with van der Waals surface area (Å²) in [4.78, 5) is 11.2. The quantitative estimate of drug-likeness (QED) is 0.371. The second-order valence-electron chi connectivity index (χ2n) is 7.06. The van der Waals surface area contributed by atoms with Crippen molar-refractivity contribution in [2.24, 2.45) is 11.8 Å². The molecule has 0 bridgehead atoms. The van der Waals surface area contributed by atoms with Crippen molar-refractivity contribution in [2.45, 2.75) is 84.3 Å². The van der Waals surface area contributed by atoms with Crippen LogP contribution in [-0.4, -0.2) is 28.5 Å². The van der Waals surface area contributed by atoms with Crippen LogP contribution in [0.25, 0.3) is 0 Å². The van der Waals surface area contributed by atoms with Gasteiger partial charge in [-0.25, -0.2) is 4.79 Å². The number of rotatable bonds is 11. The summed E-state index contributed by atoms with van der Waals surface area (Å²) in [6.07, 6.45) is 13.3. The molecule has 3 N–H and O–H groups in total. The second-order valence-corrected chi connectivity index (χ2v) is 7.06. The summed E-state index contributed by atoms with van der Waals surface area (Å²) in [5.74, 6) is 0.470. The molecule has 0 aromatic heterocycles. The van der Waals surface area contributed by atoms with Gasteiger partial charge in [-0.05, 0) is 31.3 Å². The summed E-state index contributed by atoms with van der Waals surface area (Å²) in [5.41, 5.74) is 1.04. The standard InChI is InChI=1S/C20H35NO3/c1-4-6-8-9-10-11-13-17(21-20(23)24)16(12-7-5-2)19-15(3)14-18(19)22/h5,7,12,15,17-19,21-22H,4,6,8-11,13-14H2,1-3H3,(H,23,24)/b7-5-,16-12-. The van der Waals surface area contributed by atoms with Crippen molar-refractivity contribution in [2.75, 3.05) is 0 Å². The molecule has 1 aliphatic carbocycles. The van der Waals surface area contributed by atoms with E-state index in [1.165, 1.54) is 25.7 Å². The molecule has 0 aromatic carbocycles. The lowest BCUT2D eigenvalue weighted by molar-refractivity contribution is -0.00811. The Labute approximate surface area is 147 Å². The first-order chi connectivity index (χ1) is 11.5. The monoisotopic (exact) mass is 337 g/mol. The molecule has 138 valence electrons. The van der Waals surface area contributed by atoms with Crippen molar-refractivity contribution in [3.8, 4) is 0 Å². The van der Waals surface area contributed by atoms with E-state index < -0.39 is 6.09 Å². The van der Waals surface area contributed by atoms with E-state index in [0.717, 1.165) is 31.3 Å². The number of nitrogens with one attached hydrogen (secondary N) is 1. The third-order valence-corrected chi connectivity index (χ3v) is 5.05. The molecule has 1 amide bonds. The van der Waals surface area contributed by atoms with Gasteiger partial charge >= 0.3 is 6.09 Å². The second kappa shape index (κ2) is 11.3. The summed E-state index contributed by atoms with van der Waals surface area (Å²) in [6, 6.07) is -0.202. The Kier molecular flexibility index (Phi) is 9.77. The Bertz CT molecular complexity index is 423. The average molecular weight is 338 g/mol. The smallest absolute Gasteiger partial charge is 0.405 e. The van der Waals surface area contributed by atoms with Gasteiger partial charge in [-0.1, -0.05) is 70.6 Å². The number of carbonyl (C=O) groups is 1. The maximum absolute atomic E-state index is 11.2. The highest BCUT2D eigenvalue weighted by Crippen LogP contribution is 2.41.